The number of hydrogen-bond acceptors (Lipinski definition) is 4. The fraction of sp³-hybridized carbons (Fsp3) is 0. The summed E-state index contributed by atoms with van der Waals surface area (Å²) in [7, 11) is 0. The van der Waals surface area contributed by atoms with E-state index in [-0.39, 0.29) is 0 Å². The van der Waals surface area contributed by atoms with Gasteiger partial charge in [0.05, 0.1) is 11.4 Å². The van der Waals surface area contributed by atoms with E-state index in [1.54, 1.807) is 12.4 Å². The Balaban J connectivity index is 1.42. The Morgan fingerprint density at radius 2 is 1.21 bits per heavy atom. The zero-order valence-corrected chi connectivity index (χ0v) is 21.8. The number of para-hydroxylation sites is 1. The minimum atomic E-state index is 0.674. The van der Waals surface area contributed by atoms with Gasteiger partial charge in [-0.05, 0) is 65.7 Å². The molecule has 0 bridgehead atoms. The van der Waals surface area contributed by atoms with Crippen molar-refractivity contribution in [3.8, 4) is 45.0 Å². The van der Waals surface area contributed by atoms with E-state index in [0.717, 1.165) is 65.6 Å². The van der Waals surface area contributed by atoms with Crippen molar-refractivity contribution in [2.45, 2.75) is 0 Å². The molecule has 0 saturated carbocycles. The van der Waals surface area contributed by atoms with Crippen LogP contribution in [0.25, 0.3) is 67.0 Å². The number of pyridine rings is 1. The van der Waals surface area contributed by atoms with Gasteiger partial charge in [-0.25, -0.2) is 9.97 Å². The minimum Gasteiger partial charge on any atom is -0.456 e. The molecule has 0 spiro atoms. The van der Waals surface area contributed by atoms with Crippen LogP contribution < -0.4 is 0 Å². The van der Waals surface area contributed by atoms with Crippen LogP contribution in [-0.2, 0) is 0 Å². The molecule has 0 aliphatic heterocycles. The Kier molecular flexibility index (Phi) is 5.56. The molecule has 5 heteroatoms. The number of fused-ring (bicyclic) bond motifs is 3. The molecule has 0 radical (unpaired) electrons. The van der Waals surface area contributed by atoms with Crippen LogP contribution in [0.1, 0.15) is 0 Å². The predicted molar refractivity (Wildman–Crippen MR) is 157 cm³/mol. The SMILES string of the molecule is Brc1cc(-c2ccncc2)cc(-c2cc(-c3ccc4c(c3)oc3ccccc34)nc(-c3ccccc3)n2)c1. The summed E-state index contributed by atoms with van der Waals surface area (Å²) in [6.45, 7) is 0. The first kappa shape index (κ1) is 22.6. The van der Waals surface area contributed by atoms with Crippen LogP contribution in [0.3, 0.4) is 0 Å². The van der Waals surface area contributed by atoms with E-state index < -0.39 is 0 Å². The summed E-state index contributed by atoms with van der Waals surface area (Å²) in [5.41, 5.74) is 8.51. The summed E-state index contributed by atoms with van der Waals surface area (Å²) in [6, 6.07) is 36.9. The molecule has 38 heavy (non-hydrogen) atoms. The molecule has 180 valence electrons. The monoisotopic (exact) mass is 553 g/mol. The van der Waals surface area contributed by atoms with E-state index >= 15 is 0 Å². The summed E-state index contributed by atoms with van der Waals surface area (Å²) in [5, 5.41) is 2.20. The molecule has 0 atom stereocenters. The number of aromatic nitrogens is 3. The van der Waals surface area contributed by atoms with E-state index in [4.69, 9.17) is 14.4 Å². The van der Waals surface area contributed by atoms with Gasteiger partial charge in [-0.2, -0.15) is 0 Å². The normalized spacial score (nSPS) is 11.3. The molecule has 3 aromatic heterocycles. The Bertz CT molecular complexity index is 1930. The van der Waals surface area contributed by atoms with Crippen molar-refractivity contribution in [2.75, 3.05) is 0 Å². The Hall–Kier alpha value is -4.61. The third kappa shape index (κ3) is 4.17. The Morgan fingerprint density at radius 1 is 0.500 bits per heavy atom. The summed E-state index contributed by atoms with van der Waals surface area (Å²) in [4.78, 5) is 14.2. The molecule has 4 nitrogen and oxygen atoms in total. The average Bonchev–Trinajstić information content (AvgIpc) is 3.35. The lowest BCUT2D eigenvalue weighted by atomic mass is 10.0. The van der Waals surface area contributed by atoms with Gasteiger partial charge in [0.25, 0.3) is 0 Å². The van der Waals surface area contributed by atoms with Crippen molar-refractivity contribution in [1.82, 2.24) is 15.0 Å². The van der Waals surface area contributed by atoms with Crippen molar-refractivity contribution >= 4 is 37.9 Å². The molecule has 0 aliphatic carbocycles. The summed E-state index contributed by atoms with van der Waals surface area (Å²) < 4.78 is 7.15. The molecule has 0 saturated heterocycles. The predicted octanol–water partition coefficient (Wildman–Crippen LogP) is 9.20. The molecule has 3 heterocycles. The Morgan fingerprint density at radius 3 is 2.05 bits per heavy atom. The van der Waals surface area contributed by atoms with Crippen LogP contribution in [0.4, 0.5) is 0 Å². The number of benzene rings is 4. The maximum absolute atomic E-state index is 6.17. The van der Waals surface area contributed by atoms with E-state index in [1.807, 2.05) is 66.7 Å². The lowest BCUT2D eigenvalue weighted by Gasteiger charge is -2.11. The molecular weight excluding hydrogens is 534 g/mol. The molecular formula is C33H20BrN3O. The van der Waals surface area contributed by atoms with Crippen molar-refractivity contribution in [3.05, 3.63) is 126 Å². The minimum absolute atomic E-state index is 0.674. The maximum atomic E-state index is 6.17. The molecule has 7 rings (SSSR count). The summed E-state index contributed by atoms with van der Waals surface area (Å²) >= 11 is 3.71. The van der Waals surface area contributed by atoms with E-state index in [9.17, 15) is 0 Å². The average molecular weight is 554 g/mol. The molecule has 4 aromatic carbocycles. The van der Waals surface area contributed by atoms with Gasteiger partial charge in [-0.15, -0.1) is 0 Å². The van der Waals surface area contributed by atoms with Gasteiger partial charge >= 0.3 is 0 Å². The van der Waals surface area contributed by atoms with Gasteiger partial charge in [0, 0.05) is 44.3 Å². The highest BCUT2D eigenvalue weighted by molar-refractivity contribution is 9.10. The smallest absolute Gasteiger partial charge is 0.160 e. The highest BCUT2D eigenvalue weighted by Crippen LogP contribution is 2.35. The number of halogens is 1. The maximum Gasteiger partial charge on any atom is 0.160 e. The van der Waals surface area contributed by atoms with Gasteiger partial charge in [-0.1, -0.05) is 70.5 Å². The van der Waals surface area contributed by atoms with Crippen LogP contribution in [0.5, 0.6) is 0 Å². The van der Waals surface area contributed by atoms with Crippen molar-refractivity contribution in [3.63, 3.8) is 0 Å². The molecule has 0 amide bonds. The standard InChI is InChI=1S/C33H20BrN3O/c34-26-17-24(21-12-14-35-15-13-21)16-25(18-26)30-20-29(36-33(37-30)22-6-2-1-3-7-22)23-10-11-28-27-8-4-5-9-31(27)38-32(28)19-23/h1-20H. The molecule has 7 aromatic rings. The first-order chi connectivity index (χ1) is 18.7. The van der Waals surface area contributed by atoms with E-state index in [0.29, 0.717) is 5.82 Å². The largest absolute Gasteiger partial charge is 0.456 e. The lowest BCUT2D eigenvalue weighted by molar-refractivity contribution is 0.669. The fourth-order valence-corrected chi connectivity index (χ4v) is 5.29. The molecule has 0 fully saturated rings. The van der Waals surface area contributed by atoms with Gasteiger partial charge < -0.3 is 4.42 Å². The van der Waals surface area contributed by atoms with Gasteiger partial charge in [-0.3, -0.25) is 4.98 Å². The van der Waals surface area contributed by atoms with Gasteiger partial charge in [0.2, 0.25) is 0 Å². The van der Waals surface area contributed by atoms with Crippen molar-refractivity contribution in [2.24, 2.45) is 0 Å². The number of rotatable bonds is 4. The second-order valence-electron chi connectivity index (χ2n) is 9.10. The quantitative estimate of drug-likeness (QED) is 0.218. The zero-order valence-electron chi connectivity index (χ0n) is 20.2. The van der Waals surface area contributed by atoms with Crippen LogP contribution in [0.15, 0.2) is 130 Å². The third-order valence-electron chi connectivity index (χ3n) is 6.64. The summed E-state index contributed by atoms with van der Waals surface area (Å²) in [6.07, 6.45) is 3.61. The molecule has 0 N–H and O–H groups in total. The first-order valence-corrected chi connectivity index (χ1v) is 13.1. The van der Waals surface area contributed by atoms with Crippen LogP contribution in [0.2, 0.25) is 0 Å². The van der Waals surface area contributed by atoms with Crippen LogP contribution >= 0.6 is 15.9 Å². The molecule has 0 aliphatic rings. The lowest BCUT2D eigenvalue weighted by Crippen LogP contribution is -1.96. The number of furan rings is 1. The zero-order chi connectivity index (χ0) is 25.5. The van der Waals surface area contributed by atoms with Crippen LogP contribution in [0, 0.1) is 0 Å². The third-order valence-corrected chi connectivity index (χ3v) is 7.10. The van der Waals surface area contributed by atoms with E-state index in [2.05, 4.69) is 63.4 Å². The van der Waals surface area contributed by atoms with E-state index in [1.165, 1.54) is 0 Å². The summed E-state index contributed by atoms with van der Waals surface area (Å²) in [5.74, 6) is 0.674. The highest BCUT2D eigenvalue weighted by atomic mass is 79.9. The second kappa shape index (κ2) is 9.36. The Labute approximate surface area is 227 Å². The van der Waals surface area contributed by atoms with Crippen molar-refractivity contribution in [1.29, 1.82) is 0 Å². The van der Waals surface area contributed by atoms with Gasteiger partial charge in [0.1, 0.15) is 11.2 Å². The van der Waals surface area contributed by atoms with Crippen LogP contribution in [-0.4, -0.2) is 15.0 Å². The van der Waals surface area contributed by atoms with Gasteiger partial charge in [0.15, 0.2) is 5.82 Å². The molecule has 0 unspecified atom stereocenters. The topological polar surface area (TPSA) is 51.8 Å². The first-order valence-electron chi connectivity index (χ1n) is 12.3. The number of nitrogens with zero attached hydrogens (tertiary/aromatic N) is 3. The number of hydrogen-bond donors (Lipinski definition) is 0. The fourth-order valence-electron chi connectivity index (χ4n) is 4.79. The van der Waals surface area contributed by atoms with Crippen molar-refractivity contribution < 1.29 is 4.42 Å². The highest BCUT2D eigenvalue weighted by Gasteiger charge is 2.14. The second-order valence-corrected chi connectivity index (χ2v) is 10.0.